The molecule has 0 N–H and O–H groups in total. The minimum atomic E-state index is 0.729. The highest BCUT2D eigenvalue weighted by molar-refractivity contribution is 7.22. The van der Waals surface area contributed by atoms with Crippen LogP contribution >= 0.6 is 11.3 Å². The molecule has 7 heteroatoms. The summed E-state index contributed by atoms with van der Waals surface area (Å²) in [5.41, 5.74) is 3.46. The molecule has 0 atom stereocenters. The van der Waals surface area contributed by atoms with E-state index in [-0.39, 0.29) is 0 Å². The van der Waals surface area contributed by atoms with E-state index in [0.29, 0.717) is 0 Å². The lowest BCUT2D eigenvalue weighted by molar-refractivity contribution is 0.0377. The van der Waals surface area contributed by atoms with Crippen molar-refractivity contribution in [1.29, 1.82) is 0 Å². The molecule has 2 heterocycles. The first-order valence-corrected chi connectivity index (χ1v) is 11.7. The number of thiazole rings is 1. The Morgan fingerprint density at radius 1 is 1.06 bits per heavy atom. The predicted molar refractivity (Wildman–Crippen MR) is 127 cm³/mol. The second-order valence-electron chi connectivity index (χ2n) is 7.65. The molecule has 1 saturated heterocycles. The summed E-state index contributed by atoms with van der Waals surface area (Å²) >= 11 is 1.75. The van der Waals surface area contributed by atoms with Crippen molar-refractivity contribution >= 4 is 32.4 Å². The number of benzene rings is 2. The van der Waals surface area contributed by atoms with Gasteiger partial charge < -0.3 is 19.1 Å². The van der Waals surface area contributed by atoms with Gasteiger partial charge in [-0.2, -0.15) is 0 Å². The Kier molecular flexibility index (Phi) is 7.27. The summed E-state index contributed by atoms with van der Waals surface area (Å²) in [6, 6.07) is 12.7. The van der Waals surface area contributed by atoms with Gasteiger partial charge in [-0.1, -0.05) is 24.3 Å². The molecular weight excluding hydrogens is 410 g/mol. The van der Waals surface area contributed by atoms with Gasteiger partial charge in [0, 0.05) is 37.9 Å². The number of hydrogen-bond donors (Lipinski definition) is 0. The van der Waals surface area contributed by atoms with Crippen molar-refractivity contribution in [1.82, 2.24) is 9.88 Å². The van der Waals surface area contributed by atoms with Crippen LogP contribution in [0, 0.1) is 0 Å². The van der Waals surface area contributed by atoms with Gasteiger partial charge in [0.05, 0.1) is 37.6 Å². The van der Waals surface area contributed by atoms with Crippen molar-refractivity contribution in [2.24, 2.45) is 0 Å². The van der Waals surface area contributed by atoms with Crippen LogP contribution in [0.5, 0.6) is 11.5 Å². The Hall–Kier alpha value is -2.35. The third-order valence-corrected chi connectivity index (χ3v) is 6.76. The summed E-state index contributed by atoms with van der Waals surface area (Å²) in [6.07, 6.45) is 2.08. The third kappa shape index (κ3) is 5.11. The van der Waals surface area contributed by atoms with Crippen LogP contribution in [0.15, 0.2) is 36.4 Å². The van der Waals surface area contributed by atoms with Crippen LogP contribution in [0.2, 0.25) is 0 Å². The maximum absolute atomic E-state index is 5.56. The molecule has 3 aromatic rings. The molecule has 0 bridgehead atoms. The molecule has 31 heavy (non-hydrogen) atoms. The lowest BCUT2D eigenvalue weighted by Crippen LogP contribution is -2.37. The lowest BCUT2D eigenvalue weighted by Gasteiger charge is -2.28. The Morgan fingerprint density at radius 2 is 1.87 bits per heavy atom. The number of nitrogens with zero attached hydrogens (tertiary/aromatic N) is 3. The number of morpholine rings is 1. The maximum Gasteiger partial charge on any atom is 0.190 e. The molecule has 0 saturated carbocycles. The van der Waals surface area contributed by atoms with E-state index in [1.54, 1.807) is 25.6 Å². The van der Waals surface area contributed by atoms with E-state index in [9.17, 15) is 0 Å². The van der Waals surface area contributed by atoms with E-state index in [2.05, 4.69) is 41.0 Å². The average Bonchev–Trinajstić information content (AvgIpc) is 3.25. The zero-order chi connectivity index (χ0) is 21.6. The molecule has 6 nitrogen and oxygen atoms in total. The number of fused-ring (bicyclic) bond motifs is 1. The van der Waals surface area contributed by atoms with Crippen LogP contribution in [0.1, 0.15) is 18.9 Å². The van der Waals surface area contributed by atoms with Gasteiger partial charge in [-0.3, -0.25) is 4.90 Å². The summed E-state index contributed by atoms with van der Waals surface area (Å²) in [6.45, 7) is 7.80. The third-order valence-electron chi connectivity index (χ3n) is 5.72. The lowest BCUT2D eigenvalue weighted by atomic mass is 10.2. The van der Waals surface area contributed by atoms with Crippen LogP contribution in [-0.2, 0) is 11.2 Å². The fourth-order valence-electron chi connectivity index (χ4n) is 3.90. The molecule has 4 rings (SSSR count). The van der Waals surface area contributed by atoms with Gasteiger partial charge in [0.15, 0.2) is 16.6 Å². The first kappa shape index (κ1) is 21.9. The van der Waals surface area contributed by atoms with Gasteiger partial charge in [0.1, 0.15) is 0 Å². The fraction of sp³-hybridized carbons (Fsp3) is 0.458. The number of ether oxygens (including phenoxy) is 3. The number of aryl methyl sites for hydroxylation is 1. The molecule has 1 aliphatic rings. The Morgan fingerprint density at radius 3 is 2.61 bits per heavy atom. The quantitative estimate of drug-likeness (QED) is 0.478. The number of rotatable bonds is 9. The van der Waals surface area contributed by atoms with Crippen molar-refractivity contribution in [3.8, 4) is 11.5 Å². The zero-order valence-corrected chi connectivity index (χ0v) is 19.4. The largest absolute Gasteiger partial charge is 0.493 e. The van der Waals surface area contributed by atoms with Gasteiger partial charge in [0.25, 0.3) is 0 Å². The molecule has 1 aromatic heterocycles. The molecule has 0 spiro atoms. The Labute approximate surface area is 188 Å². The molecular formula is C24H31N3O3S. The van der Waals surface area contributed by atoms with Gasteiger partial charge in [0.2, 0.25) is 0 Å². The molecule has 0 unspecified atom stereocenters. The molecule has 2 aromatic carbocycles. The number of anilines is 2. The van der Waals surface area contributed by atoms with Crippen molar-refractivity contribution in [3.05, 3.63) is 42.0 Å². The molecule has 0 aliphatic carbocycles. The van der Waals surface area contributed by atoms with Crippen LogP contribution in [0.3, 0.4) is 0 Å². The van der Waals surface area contributed by atoms with Gasteiger partial charge >= 0.3 is 0 Å². The Bertz CT molecular complexity index is 1000. The molecule has 0 amide bonds. The van der Waals surface area contributed by atoms with Crippen LogP contribution < -0.4 is 14.4 Å². The normalized spacial score (nSPS) is 14.7. The molecule has 1 aliphatic heterocycles. The van der Waals surface area contributed by atoms with E-state index < -0.39 is 0 Å². The highest BCUT2D eigenvalue weighted by Crippen LogP contribution is 2.38. The van der Waals surface area contributed by atoms with Gasteiger partial charge in [-0.15, -0.1) is 0 Å². The van der Waals surface area contributed by atoms with Crippen molar-refractivity contribution in [3.63, 3.8) is 0 Å². The fourth-order valence-corrected chi connectivity index (χ4v) is 4.97. The average molecular weight is 442 g/mol. The highest BCUT2D eigenvalue weighted by atomic mass is 32.1. The zero-order valence-electron chi connectivity index (χ0n) is 18.6. The van der Waals surface area contributed by atoms with Crippen LogP contribution in [0.4, 0.5) is 10.8 Å². The highest BCUT2D eigenvalue weighted by Gasteiger charge is 2.18. The maximum atomic E-state index is 5.56. The number of aromatic nitrogens is 1. The van der Waals surface area contributed by atoms with E-state index in [0.717, 1.165) is 80.1 Å². The topological polar surface area (TPSA) is 47.1 Å². The van der Waals surface area contributed by atoms with Crippen molar-refractivity contribution in [2.45, 2.75) is 19.8 Å². The van der Waals surface area contributed by atoms with E-state index in [1.165, 1.54) is 10.3 Å². The summed E-state index contributed by atoms with van der Waals surface area (Å²) in [5, 5.41) is 1.01. The molecule has 1 fully saturated rings. The number of methoxy groups -OCH3 is 2. The standard InChI is InChI=1S/C24H31N3O3S/c1-4-18-6-8-20-23(16-18)31-24(25-20)27(11-5-10-26-12-14-30-15-13-26)19-7-9-21(28-2)22(17-19)29-3/h6-9,16-17H,4-5,10-15H2,1-3H3. The van der Waals surface area contributed by atoms with Gasteiger partial charge in [-0.05, 0) is 42.7 Å². The van der Waals surface area contributed by atoms with Gasteiger partial charge in [-0.25, -0.2) is 4.98 Å². The summed E-state index contributed by atoms with van der Waals surface area (Å²) in [4.78, 5) is 9.75. The van der Waals surface area contributed by atoms with Crippen LogP contribution in [-0.4, -0.2) is 63.5 Å². The first-order valence-electron chi connectivity index (χ1n) is 10.9. The predicted octanol–water partition coefficient (Wildman–Crippen LogP) is 4.74. The second-order valence-corrected chi connectivity index (χ2v) is 8.66. The van der Waals surface area contributed by atoms with E-state index in [1.807, 2.05) is 12.1 Å². The first-order chi connectivity index (χ1) is 15.2. The second kappa shape index (κ2) is 10.3. The Balaban J connectivity index is 1.61. The minimum Gasteiger partial charge on any atom is -0.493 e. The monoisotopic (exact) mass is 441 g/mol. The number of hydrogen-bond acceptors (Lipinski definition) is 7. The van der Waals surface area contributed by atoms with Crippen molar-refractivity contribution < 1.29 is 14.2 Å². The minimum absolute atomic E-state index is 0.729. The molecule has 0 radical (unpaired) electrons. The van der Waals surface area contributed by atoms with E-state index in [4.69, 9.17) is 19.2 Å². The SMILES string of the molecule is CCc1ccc2nc(N(CCCN3CCOCC3)c3ccc(OC)c(OC)c3)sc2c1. The van der Waals surface area contributed by atoms with Crippen LogP contribution in [0.25, 0.3) is 10.2 Å². The summed E-state index contributed by atoms with van der Waals surface area (Å²) < 4.78 is 17.7. The molecule has 166 valence electrons. The van der Waals surface area contributed by atoms with Crippen molar-refractivity contribution in [2.75, 3.05) is 58.5 Å². The smallest absolute Gasteiger partial charge is 0.190 e. The van der Waals surface area contributed by atoms with E-state index >= 15 is 0 Å². The summed E-state index contributed by atoms with van der Waals surface area (Å²) in [7, 11) is 3.34. The summed E-state index contributed by atoms with van der Waals surface area (Å²) in [5.74, 6) is 1.46.